The van der Waals surface area contributed by atoms with E-state index in [-0.39, 0.29) is 5.91 Å². The van der Waals surface area contributed by atoms with Gasteiger partial charge in [0.2, 0.25) is 0 Å². The Balaban J connectivity index is 1.96. The number of benzene rings is 1. The molecular weight excluding hydrogens is 330 g/mol. The third-order valence-corrected chi connectivity index (χ3v) is 4.66. The Morgan fingerprint density at radius 3 is 2.83 bits per heavy atom. The highest BCUT2D eigenvalue weighted by Gasteiger charge is 2.19. The highest BCUT2D eigenvalue weighted by Crippen LogP contribution is 2.33. The lowest BCUT2D eigenvalue weighted by atomic mass is 10.1. The first-order chi connectivity index (χ1) is 11.2. The fraction of sp³-hybridized carbons (Fsp3) is 0.176. The SMILES string of the molecule is CCCc1[nH]nc(-c2cccs2)c1NC(=O)c1ccccc1Cl. The summed E-state index contributed by atoms with van der Waals surface area (Å²) in [6.07, 6.45) is 1.78. The maximum absolute atomic E-state index is 12.6. The minimum absolute atomic E-state index is 0.229. The third-order valence-electron chi connectivity index (χ3n) is 3.45. The fourth-order valence-corrected chi connectivity index (χ4v) is 3.30. The van der Waals surface area contributed by atoms with Crippen LogP contribution in [0.2, 0.25) is 5.02 Å². The molecule has 0 fully saturated rings. The van der Waals surface area contributed by atoms with Gasteiger partial charge in [0.1, 0.15) is 5.69 Å². The van der Waals surface area contributed by atoms with Gasteiger partial charge in [-0.05, 0) is 30.0 Å². The lowest BCUT2D eigenvalue weighted by molar-refractivity contribution is 0.102. The molecule has 0 unspecified atom stereocenters. The van der Waals surface area contributed by atoms with E-state index < -0.39 is 0 Å². The van der Waals surface area contributed by atoms with Crippen molar-refractivity contribution in [2.45, 2.75) is 19.8 Å². The van der Waals surface area contributed by atoms with E-state index >= 15 is 0 Å². The summed E-state index contributed by atoms with van der Waals surface area (Å²) in [5.74, 6) is -0.229. The highest BCUT2D eigenvalue weighted by atomic mass is 35.5. The summed E-state index contributed by atoms with van der Waals surface area (Å²) < 4.78 is 0. The van der Waals surface area contributed by atoms with Gasteiger partial charge in [-0.1, -0.05) is 43.1 Å². The number of carbonyl (C=O) groups excluding carboxylic acids is 1. The second kappa shape index (κ2) is 6.98. The molecule has 118 valence electrons. The Hall–Kier alpha value is -2.11. The van der Waals surface area contributed by atoms with Crippen LogP contribution in [0.25, 0.3) is 10.6 Å². The van der Waals surface area contributed by atoms with Crippen LogP contribution in [0.3, 0.4) is 0 Å². The molecule has 0 atom stereocenters. The van der Waals surface area contributed by atoms with Crippen molar-refractivity contribution >= 4 is 34.5 Å². The number of aromatic nitrogens is 2. The van der Waals surface area contributed by atoms with Crippen molar-refractivity contribution in [3.05, 3.63) is 58.1 Å². The summed E-state index contributed by atoms with van der Waals surface area (Å²) >= 11 is 7.71. The number of nitrogens with one attached hydrogen (secondary N) is 2. The van der Waals surface area contributed by atoms with Crippen molar-refractivity contribution in [3.63, 3.8) is 0 Å². The monoisotopic (exact) mass is 345 g/mol. The second-order valence-electron chi connectivity index (χ2n) is 5.09. The molecule has 2 aromatic heterocycles. The van der Waals surface area contributed by atoms with Crippen molar-refractivity contribution < 1.29 is 4.79 Å². The van der Waals surface area contributed by atoms with Gasteiger partial charge in [0, 0.05) is 0 Å². The number of hydrogen-bond donors (Lipinski definition) is 2. The van der Waals surface area contributed by atoms with Crippen LogP contribution in [0.5, 0.6) is 0 Å². The van der Waals surface area contributed by atoms with E-state index in [9.17, 15) is 4.79 Å². The molecule has 23 heavy (non-hydrogen) atoms. The molecule has 1 aromatic carbocycles. The molecule has 4 nitrogen and oxygen atoms in total. The predicted octanol–water partition coefficient (Wildman–Crippen LogP) is 5.00. The van der Waals surface area contributed by atoms with Crippen LogP contribution in [0.4, 0.5) is 5.69 Å². The molecule has 0 aliphatic carbocycles. The van der Waals surface area contributed by atoms with E-state index in [1.807, 2.05) is 17.5 Å². The Morgan fingerprint density at radius 1 is 1.30 bits per heavy atom. The molecule has 0 saturated heterocycles. The maximum atomic E-state index is 12.6. The van der Waals surface area contributed by atoms with Crippen molar-refractivity contribution in [1.29, 1.82) is 0 Å². The van der Waals surface area contributed by atoms with Gasteiger partial charge < -0.3 is 5.32 Å². The number of rotatable bonds is 5. The van der Waals surface area contributed by atoms with Gasteiger partial charge in [-0.2, -0.15) is 5.10 Å². The first-order valence-electron chi connectivity index (χ1n) is 7.37. The van der Waals surface area contributed by atoms with Crippen molar-refractivity contribution in [2.75, 3.05) is 5.32 Å². The van der Waals surface area contributed by atoms with Gasteiger partial charge in [-0.25, -0.2) is 0 Å². The van der Waals surface area contributed by atoms with Crippen LogP contribution in [0.15, 0.2) is 41.8 Å². The summed E-state index contributed by atoms with van der Waals surface area (Å²) in [6.45, 7) is 2.09. The summed E-state index contributed by atoms with van der Waals surface area (Å²) in [5.41, 5.74) is 2.88. The molecule has 0 aliphatic rings. The zero-order chi connectivity index (χ0) is 16.2. The maximum Gasteiger partial charge on any atom is 0.257 e. The third kappa shape index (κ3) is 3.30. The van der Waals surface area contributed by atoms with Crippen molar-refractivity contribution in [3.8, 4) is 10.6 Å². The lowest BCUT2D eigenvalue weighted by Gasteiger charge is -2.08. The number of H-pyrrole nitrogens is 1. The van der Waals surface area contributed by atoms with Crippen LogP contribution >= 0.6 is 22.9 Å². The highest BCUT2D eigenvalue weighted by molar-refractivity contribution is 7.13. The second-order valence-corrected chi connectivity index (χ2v) is 6.44. The van der Waals surface area contributed by atoms with Crippen LogP contribution in [0, 0.1) is 0 Å². The first-order valence-corrected chi connectivity index (χ1v) is 8.63. The number of halogens is 1. The van der Waals surface area contributed by atoms with Crippen molar-refractivity contribution in [1.82, 2.24) is 10.2 Å². The topological polar surface area (TPSA) is 57.8 Å². The lowest BCUT2D eigenvalue weighted by Crippen LogP contribution is -2.13. The van der Waals surface area contributed by atoms with Gasteiger partial charge >= 0.3 is 0 Å². The molecule has 1 amide bonds. The van der Waals surface area contributed by atoms with Crippen LogP contribution < -0.4 is 5.32 Å². The van der Waals surface area contributed by atoms with Gasteiger partial charge in [0.05, 0.1) is 26.8 Å². The molecule has 3 aromatic rings. The molecule has 0 saturated carbocycles. The van der Waals surface area contributed by atoms with Crippen LogP contribution in [-0.4, -0.2) is 16.1 Å². The first kappa shape index (κ1) is 15.8. The Kier molecular flexibility index (Phi) is 4.79. The van der Waals surface area contributed by atoms with E-state index in [1.165, 1.54) is 0 Å². The summed E-state index contributed by atoms with van der Waals surface area (Å²) in [6, 6.07) is 11.0. The number of anilines is 1. The smallest absolute Gasteiger partial charge is 0.257 e. The minimum atomic E-state index is -0.229. The zero-order valence-corrected chi connectivity index (χ0v) is 14.2. The number of thiophene rings is 1. The predicted molar refractivity (Wildman–Crippen MR) is 95.3 cm³/mol. The van der Waals surface area contributed by atoms with Gasteiger partial charge in [-0.15, -0.1) is 11.3 Å². The van der Waals surface area contributed by atoms with E-state index in [2.05, 4.69) is 22.4 Å². The van der Waals surface area contributed by atoms with Crippen LogP contribution in [0.1, 0.15) is 29.4 Å². The largest absolute Gasteiger partial charge is 0.318 e. The Labute approximate surface area is 143 Å². The molecule has 0 aliphatic heterocycles. The average Bonchev–Trinajstić information content (AvgIpc) is 3.18. The number of hydrogen-bond acceptors (Lipinski definition) is 3. The molecule has 0 spiro atoms. The normalized spacial score (nSPS) is 10.7. The van der Waals surface area contributed by atoms with Gasteiger partial charge in [-0.3, -0.25) is 9.89 Å². The molecule has 0 radical (unpaired) electrons. The molecule has 6 heteroatoms. The minimum Gasteiger partial charge on any atom is -0.318 e. The molecule has 3 rings (SSSR count). The van der Waals surface area contributed by atoms with E-state index in [0.29, 0.717) is 10.6 Å². The van der Waals surface area contributed by atoms with Gasteiger partial charge in [0.15, 0.2) is 0 Å². The standard InChI is InChI=1S/C17H16ClN3OS/c1-2-6-13-15(16(21-20-13)14-9-5-10-23-14)19-17(22)11-7-3-4-8-12(11)18/h3-5,7-10H,2,6H2,1H3,(H,19,22)(H,20,21). The zero-order valence-electron chi connectivity index (χ0n) is 12.6. The number of aromatic amines is 1. The number of amides is 1. The Morgan fingerprint density at radius 2 is 2.13 bits per heavy atom. The molecule has 2 heterocycles. The number of aryl methyl sites for hydroxylation is 1. The molecule has 2 N–H and O–H groups in total. The molecular formula is C17H16ClN3OS. The van der Waals surface area contributed by atoms with Gasteiger partial charge in [0.25, 0.3) is 5.91 Å². The Bertz CT molecular complexity index is 811. The molecule has 0 bridgehead atoms. The van der Waals surface area contributed by atoms with E-state index in [1.54, 1.807) is 35.6 Å². The quantitative estimate of drug-likeness (QED) is 0.683. The summed E-state index contributed by atoms with van der Waals surface area (Å²) in [7, 11) is 0. The average molecular weight is 346 g/mol. The van der Waals surface area contributed by atoms with Crippen LogP contribution in [-0.2, 0) is 6.42 Å². The number of nitrogens with zero attached hydrogens (tertiary/aromatic N) is 1. The van der Waals surface area contributed by atoms with E-state index in [0.717, 1.165) is 34.8 Å². The summed E-state index contributed by atoms with van der Waals surface area (Å²) in [4.78, 5) is 13.6. The van der Waals surface area contributed by atoms with Crippen molar-refractivity contribution in [2.24, 2.45) is 0 Å². The fourth-order valence-electron chi connectivity index (χ4n) is 2.36. The summed E-state index contributed by atoms with van der Waals surface area (Å²) in [5, 5.41) is 12.8. The number of carbonyl (C=O) groups is 1. The van der Waals surface area contributed by atoms with E-state index in [4.69, 9.17) is 11.6 Å².